The normalized spacial score (nSPS) is 23.2. The minimum atomic E-state index is 0.600. The highest BCUT2D eigenvalue weighted by atomic mass is 14.9. The Morgan fingerprint density at radius 2 is 1.81 bits per heavy atom. The van der Waals surface area contributed by atoms with E-state index in [1.807, 2.05) is 0 Å². The number of benzene rings is 1. The zero-order valence-corrected chi connectivity index (χ0v) is 13.0. The SMILES string of the molecule is CC(C)C1CCCC(Nc2ccc3nccnc3c2)CC1. The second-order valence-corrected chi connectivity index (χ2v) is 6.61. The fourth-order valence-electron chi connectivity index (χ4n) is 3.43. The predicted octanol–water partition coefficient (Wildman–Crippen LogP) is 4.65. The van der Waals surface area contributed by atoms with E-state index >= 15 is 0 Å². The van der Waals surface area contributed by atoms with E-state index in [-0.39, 0.29) is 0 Å². The number of aromatic nitrogens is 2. The van der Waals surface area contributed by atoms with Gasteiger partial charge in [-0.05, 0) is 49.3 Å². The van der Waals surface area contributed by atoms with Crippen molar-refractivity contribution in [3.8, 4) is 0 Å². The average molecular weight is 283 g/mol. The van der Waals surface area contributed by atoms with Gasteiger partial charge in [0.2, 0.25) is 0 Å². The van der Waals surface area contributed by atoms with Crippen LogP contribution in [0.5, 0.6) is 0 Å². The van der Waals surface area contributed by atoms with Crippen LogP contribution in [0.4, 0.5) is 5.69 Å². The summed E-state index contributed by atoms with van der Waals surface area (Å²) in [7, 11) is 0. The standard InChI is InChI=1S/C18H25N3/c1-13(2)14-4-3-5-15(7-6-14)21-16-8-9-17-18(12-16)20-11-10-19-17/h8-15,21H,3-7H2,1-2H3. The van der Waals surface area contributed by atoms with Crippen molar-refractivity contribution in [2.24, 2.45) is 11.8 Å². The Morgan fingerprint density at radius 3 is 2.62 bits per heavy atom. The van der Waals surface area contributed by atoms with Crippen LogP contribution in [0.3, 0.4) is 0 Å². The van der Waals surface area contributed by atoms with Gasteiger partial charge < -0.3 is 5.32 Å². The third-order valence-electron chi connectivity index (χ3n) is 4.80. The summed E-state index contributed by atoms with van der Waals surface area (Å²) in [5, 5.41) is 3.70. The third-order valence-corrected chi connectivity index (χ3v) is 4.80. The number of hydrogen-bond acceptors (Lipinski definition) is 3. The number of fused-ring (bicyclic) bond motifs is 1. The molecule has 0 spiro atoms. The molecule has 1 N–H and O–H groups in total. The Kier molecular flexibility index (Phi) is 4.37. The Morgan fingerprint density at radius 1 is 1.00 bits per heavy atom. The summed E-state index contributed by atoms with van der Waals surface area (Å²) in [4.78, 5) is 8.71. The molecule has 112 valence electrons. The predicted molar refractivity (Wildman–Crippen MR) is 88.4 cm³/mol. The molecule has 1 aliphatic rings. The van der Waals surface area contributed by atoms with Gasteiger partial charge in [0.25, 0.3) is 0 Å². The van der Waals surface area contributed by atoms with Gasteiger partial charge in [-0.25, -0.2) is 0 Å². The van der Waals surface area contributed by atoms with E-state index in [2.05, 4.69) is 47.3 Å². The van der Waals surface area contributed by atoms with Gasteiger partial charge in [-0.1, -0.05) is 26.7 Å². The van der Waals surface area contributed by atoms with Gasteiger partial charge in [0.05, 0.1) is 11.0 Å². The molecule has 1 fully saturated rings. The number of nitrogens with zero attached hydrogens (tertiary/aromatic N) is 2. The first kappa shape index (κ1) is 14.3. The third kappa shape index (κ3) is 3.52. The van der Waals surface area contributed by atoms with Crippen LogP contribution in [-0.2, 0) is 0 Å². The lowest BCUT2D eigenvalue weighted by atomic mass is 9.89. The zero-order chi connectivity index (χ0) is 14.7. The van der Waals surface area contributed by atoms with Crippen LogP contribution in [0.1, 0.15) is 46.0 Å². The highest BCUT2D eigenvalue weighted by Gasteiger charge is 2.20. The Bertz CT molecular complexity index is 594. The number of hydrogen-bond donors (Lipinski definition) is 1. The molecule has 0 bridgehead atoms. The molecule has 3 rings (SSSR count). The Hall–Kier alpha value is -1.64. The van der Waals surface area contributed by atoms with Crippen molar-refractivity contribution in [1.82, 2.24) is 9.97 Å². The van der Waals surface area contributed by atoms with Crippen molar-refractivity contribution in [1.29, 1.82) is 0 Å². The molecular formula is C18H25N3. The molecule has 1 aromatic carbocycles. The monoisotopic (exact) mass is 283 g/mol. The number of anilines is 1. The maximum absolute atomic E-state index is 4.39. The summed E-state index contributed by atoms with van der Waals surface area (Å²) in [6.07, 6.45) is 10.1. The topological polar surface area (TPSA) is 37.8 Å². The van der Waals surface area contributed by atoms with E-state index in [1.165, 1.54) is 37.8 Å². The summed E-state index contributed by atoms with van der Waals surface area (Å²) in [5.41, 5.74) is 3.11. The molecule has 3 nitrogen and oxygen atoms in total. The maximum atomic E-state index is 4.39. The van der Waals surface area contributed by atoms with Crippen LogP contribution in [0.2, 0.25) is 0 Å². The lowest BCUT2D eigenvalue weighted by molar-refractivity contribution is 0.341. The molecule has 1 aliphatic carbocycles. The molecule has 2 atom stereocenters. The largest absolute Gasteiger partial charge is 0.382 e. The van der Waals surface area contributed by atoms with Crippen LogP contribution in [0.15, 0.2) is 30.6 Å². The van der Waals surface area contributed by atoms with E-state index in [0.29, 0.717) is 6.04 Å². The fourth-order valence-corrected chi connectivity index (χ4v) is 3.43. The number of rotatable bonds is 3. The van der Waals surface area contributed by atoms with E-state index in [1.54, 1.807) is 12.4 Å². The van der Waals surface area contributed by atoms with E-state index in [9.17, 15) is 0 Å². The van der Waals surface area contributed by atoms with Gasteiger partial charge in [-0.15, -0.1) is 0 Å². The Balaban J connectivity index is 1.67. The van der Waals surface area contributed by atoms with E-state index in [4.69, 9.17) is 0 Å². The molecule has 0 radical (unpaired) electrons. The molecule has 1 aromatic heterocycles. The van der Waals surface area contributed by atoms with Gasteiger partial charge in [-0.3, -0.25) is 9.97 Å². The lowest BCUT2D eigenvalue weighted by Gasteiger charge is -2.20. The second-order valence-electron chi connectivity index (χ2n) is 6.61. The lowest BCUT2D eigenvalue weighted by Crippen LogP contribution is -2.18. The van der Waals surface area contributed by atoms with Crippen molar-refractivity contribution in [2.75, 3.05) is 5.32 Å². The molecule has 2 unspecified atom stereocenters. The highest BCUT2D eigenvalue weighted by molar-refractivity contribution is 5.78. The molecule has 21 heavy (non-hydrogen) atoms. The first-order valence-electron chi connectivity index (χ1n) is 8.19. The van der Waals surface area contributed by atoms with Crippen LogP contribution < -0.4 is 5.32 Å². The first-order chi connectivity index (χ1) is 10.2. The smallest absolute Gasteiger partial charge is 0.0907 e. The fraction of sp³-hybridized carbons (Fsp3) is 0.556. The molecule has 0 amide bonds. The van der Waals surface area contributed by atoms with Crippen LogP contribution in [-0.4, -0.2) is 16.0 Å². The second kappa shape index (κ2) is 6.42. The minimum Gasteiger partial charge on any atom is -0.382 e. The molecule has 3 heteroatoms. The summed E-state index contributed by atoms with van der Waals surface area (Å²) in [6.45, 7) is 4.72. The van der Waals surface area contributed by atoms with Crippen LogP contribution >= 0.6 is 0 Å². The maximum Gasteiger partial charge on any atom is 0.0907 e. The summed E-state index contributed by atoms with van der Waals surface area (Å²) >= 11 is 0. The van der Waals surface area contributed by atoms with Crippen molar-refractivity contribution in [3.63, 3.8) is 0 Å². The minimum absolute atomic E-state index is 0.600. The molecule has 0 saturated heterocycles. The van der Waals surface area contributed by atoms with Crippen molar-refractivity contribution in [3.05, 3.63) is 30.6 Å². The summed E-state index contributed by atoms with van der Waals surface area (Å²) in [6, 6.07) is 6.90. The van der Waals surface area contributed by atoms with Crippen molar-refractivity contribution < 1.29 is 0 Å². The van der Waals surface area contributed by atoms with Crippen LogP contribution in [0, 0.1) is 11.8 Å². The molecule has 1 heterocycles. The quantitative estimate of drug-likeness (QED) is 0.833. The average Bonchev–Trinajstić information content (AvgIpc) is 2.73. The van der Waals surface area contributed by atoms with Gasteiger partial charge in [0.15, 0.2) is 0 Å². The molecule has 0 aliphatic heterocycles. The van der Waals surface area contributed by atoms with E-state index in [0.717, 1.165) is 22.9 Å². The van der Waals surface area contributed by atoms with Crippen LogP contribution in [0.25, 0.3) is 11.0 Å². The summed E-state index contributed by atoms with van der Waals surface area (Å²) < 4.78 is 0. The molecule has 1 saturated carbocycles. The van der Waals surface area contributed by atoms with Gasteiger partial charge >= 0.3 is 0 Å². The first-order valence-corrected chi connectivity index (χ1v) is 8.19. The molecular weight excluding hydrogens is 258 g/mol. The van der Waals surface area contributed by atoms with Gasteiger partial charge in [0, 0.05) is 24.1 Å². The zero-order valence-electron chi connectivity index (χ0n) is 13.0. The Labute approximate surface area is 127 Å². The highest BCUT2D eigenvalue weighted by Crippen LogP contribution is 2.30. The number of nitrogens with one attached hydrogen (secondary N) is 1. The van der Waals surface area contributed by atoms with E-state index < -0.39 is 0 Å². The van der Waals surface area contributed by atoms with Crippen molar-refractivity contribution in [2.45, 2.75) is 52.0 Å². The van der Waals surface area contributed by atoms with Gasteiger partial charge in [-0.2, -0.15) is 0 Å². The van der Waals surface area contributed by atoms with Crippen molar-refractivity contribution >= 4 is 16.7 Å². The molecule has 2 aromatic rings. The summed E-state index contributed by atoms with van der Waals surface area (Å²) in [5.74, 6) is 1.72. The van der Waals surface area contributed by atoms with Gasteiger partial charge in [0.1, 0.15) is 0 Å².